The van der Waals surface area contributed by atoms with Gasteiger partial charge in [-0.3, -0.25) is 0 Å². The Balaban J connectivity index is 0.000000753. The summed E-state index contributed by atoms with van der Waals surface area (Å²) >= 11 is 10.4. The first kappa shape index (κ1) is 131. The predicted octanol–water partition coefficient (Wildman–Crippen LogP) is 41.8. The Morgan fingerprint density at radius 1 is 0.529 bits per heavy atom. The van der Waals surface area contributed by atoms with E-state index in [0.29, 0.717) is 68.8 Å². The van der Waals surface area contributed by atoms with Crippen molar-refractivity contribution in [3.05, 3.63) is 295 Å². The minimum atomic E-state index is -3.06. The number of H-pyrrole nitrogens is 2. The average molecular weight is 2110 g/mol. The Kier molecular flexibility index (Phi) is 66.8. The fraction of sp³-hybridized carbons (Fsp3) is 0.571. The van der Waals surface area contributed by atoms with E-state index in [0.717, 1.165) is 109 Å². The number of aromatic nitrogens is 4. The number of aromatic hydroxyl groups is 1. The number of furan rings is 2. The van der Waals surface area contributed by atoms with Crippen LogP contribution in [0.25, 0.3) is 11.0 Å². The molecule has 4 atom stereocenters. The molecule has 0 spiro atoms. The maximum absolute atomic E-state index is 11.7. The molecule has 11 aromatic rings. The van der Waals surface area contributed by atoms with Gasteiger partial charge in [0.25, 0.3) is 0 Å². The van der Waals surface area contributed by atoms with Crippen LogP contribution >= 0.6 is 54.5 Å². The number of imidazole rings is 2. The number of nitrogens with zero attached hydrogens (tertiary/aromatic N) is 2. The van der Waals surface area contributed by atoms with Gasteiger partial charge in [0.2, 0.25) is 0 Å². The summed E-state index contributed by atoms with van der Waals surface area (Å²) < 4.78 is 35.7. The Hall–Kier alpha value is -7.07. The molecule has 0 saturated heterocycles. The predicted molar refractivity (Wildman–Crippen MR) is 626 cm³/mol. The van der Waals surface area contributed by atoms with Crippen LogP contribution in [0.5, 0.6) is 5.75 Å². The van der Waals surface area contributed by atoms with Crippen molar-refractivity contribution >= 4 is 75.4 Å². The number of phenols is 1. The lowest BCUT2D eigenvalue weighted by Crippen LogP contribution is -2.26. The molecule has 4 unspecified atom stereocenters. The van der Waals surface area contributed by atoms with Crippen molar-refractivity contribution in [1.29, 1.82) is 0 Å². The number of thiophene rings is 2. The highest BCUT2D eigenvalue weighted by Gasteiger charge is 2.37. The van der Waals surface area contributed by atoms with Gasteiger partial charge < -0.3 is 23.9 Å². The molecule has 5 aromatic carbocycles. The van der Waals surface area contributed by atoms with Crippen molar-refractivity contribution in [2.24, 2.45) is 75.9 Å². The van der Waals surface area contributed by atoms with E-state index >= 15 is 0 Å². The second kappa shape index (κ2) is 71.4. The fourth-order valence-electron chi connectivity index (χ4n) is 15.3. The van der Waals surface area contributed by atoms with Gasteiger partial charge >= 0.3 is 0 Å². The zero-order valence-corrected chi connectivity index (χ0v) is 99.9. The van der Waals surface area contributed by atoms with Gasteiger partial charge in [-0.15, -0.1) is 17.9 Å². The molecule has 9 nitrogen and oxygen atoms in total. The van der Waals surface area contributed by atoms with Crippen LogP contribution in [0.15, 0.2) is 259 Å². The SMILES string of the molecule is C=CCC(C)C.CC(C)(C)C1CCC1.CC(C)(C)C1CCCCC1.CC(C)(C)c1ccc(Br)cc1.CC(C)C1CC2C=CC1C2.CC(C)CCS(=O)(=O)c1ccccc1.CC(C)Cc1ccc(Br)cc1.CC(C)c1ccc(O)cc1.CC(C)c1ccco1.CC(C)c1cccs1.CC(C)c1ccoc1.CC(C)c1ccsc1.CC(C)c1nc2ccccc2[nH]1.CC(C)c1ncc[nH]1.CCCC(C)C(C)C. The quantitative estimate of drug-likeness (QED) is 0.0686. The summed E-state index contributed by atoms with van der Waals surface area (Å²) in [5.41, 5.74) is 10.4. The number of sulfone groups is 1. The summed E-state index contributed by atoms with van der Waals surface area (Å²) in [4.78, 5) is 16.7. The molecule has 6 heterocycles. The van der Waals surface area contributed by atoms with Crippen LogP contribution in [0.4, 0.5) is 0 Å². The molecule has 0 radical (unpaired) electrons. The van der Waals surface area contributed by atoms with E-state index in [4.69, 9.17) is 13.9 Å². The summed E-state index contributed by atoms with van der Waals surface area (Å²) in [5, 5.41) is 15.4. The number of benzene rings is 5. The lowest BCUT2D eigenvalue weighted by Gasteiger charge is -2.37. The van der Waals surface area contributed by atoms with Crippen LogP contribution in [-0.2, 0) is 21.7 Å². The molecular weight excluding hydrogens is 1910 g/mol. The third-order valence-electron chi connectivity index (χ3n) is 25.4. The number of phenolic OH excluding ortho intramolecular Hbond substituents is 1. The average Bonchev–Trinajstić information content (AvgIpc) is 1.66. The van der Waals surface area contributed by atoms with E-state index in [9.17, 15) is 8.42 Å². The zero-order chi connectivity index (χ0) is 106. The van der Waals surface area contributed by atoms with E-state index in [-0.39, 0.29) is 11.2 Å². The number of hydrogen-bond donors (Lipinski definition) is 3. The Morgan fingerprint density at radius 2 is 1.09 bits per heavy atom. The maximum Gasteiger partial charge on any atom is 0.178 e. The van der Waals surface area contributed by atoms with Gasteiger partial charge in [-0.25, -0.2) is 18.4 Å². The van der Waals surface area contributed by atoms with E-state index in [1.54, 1.807) is 72.7 Å². The second-order valence-electron chi connectivity index (χ2n) is 45.5. The van der Waals surface area contributed by atoms with Gasteiger partial charge in [-0.2, -0.15) is 11.3 Å². The molecular formula is C126H198Br2N4O5S3. The Labute approximate surface area is 883 Å². The number of rotatable bonds is 19. The highest BCUT2D eigenvalue weighted by atomic mass is 79.9. The molecule has 0 amide bonds. The van der Waals surface area contributed by atoms with E-state index < -0.39 is 9.84 Å². The van der Waals surface area contributed by atoms with Gasteiger partial charge in [0.1, 0.15) is 23.2 Å². The third-order valence-corrected chi connectivity index (χ3v) is 30.1. The monoisotopic (exact) mass is 2100 g/mol. The highest BCUT2D eigenvalue weighted by molar-refractivity contribution is 9.10. The first-order valence-electron chi connectivity index (χ1n) is 53.0. The summed E-state index contributed by atoms with van der Waals surface area (Å²) in [7, 11) is -3.06. The molecule has 14 heteroatoms. The first-order chi connectivity index (χ1) is 65.6. The number of halogens is 2. The topological polar surface area (TPSA) is 138 Å². The van der Waals surface area contributed by atoms with Crippen LogP contribution < -0.4 is 0 Å². The Bertz CT molecular complexity index is 4620. The van der Waals surface area contributed by atoms with Crippen LogP contribution in [0.1, 0.15) is 424 Å². The largest absolute Gasteiger partial charge is 0.508 e. The molecule has 4 aliphatic carbocycles. The van der Waals surface area contributed by atoms with Crippen molar-refractivity contribution in [3.8, 4) is 5.75 Å². The fourth-order valence-corrected chi connectivity index (χ4v) is 19.0. The molecule has 6 aromatic heterocycles. The number of fused-ring (bicyclic) bond motifs is 3. The van der Waals surface area contributed by atoms with Gasteiger partial charge in [0.05, 0.1) is 40.5 Å². The minimum absolute atomic E-state index is 0.245. The zero-order valence-electron chi connectivity index (χ0n) is 94.3. The van der Waals surface area contributed by atoms with Crippen molar-refractivity contribution in [2.75, 3.05) is 5.75 Å². The Morgan fingerprint density at radius 3 is 1.40 bits per heavy atom. The lowest BCUT2D eigenvalue weighted by atomic mass is 9.69. The molecule has 140 heavy (non-hydrogen) atoms. The molecule has 3 N–H and O–H groups in total. The summed E-state index contributed by atoms with van der Waals surface area (Å²) in [6.07, 6.45) is 36.1. The number of para-hydroxylation sites is 2. The van der Waals surface area contributed by atoms with Crippen molar-refractivity contribution in [1.82, 2.24) is 19.9 Å². The molecule has 4 aliphatic rings. The van der Waals surface area contributed by atoms with Gasteiger partial charge in [-0.1, -0.05) is 404 Å². The van der Waals surface area contributed by atoms with E-state index in [1.165, 1.54) is 116 Å². The second-order valence-corrected chi connectivity index (χ2v) is 51.2. The van der Waals surface area contributed by atoms with Crippen molar-refractivity contribution in [3.63, 3.8) is 0 Å². The maximum atomic E-state index is 11.7. The van der Waals surface area contributed by atoms with Gasteiger partial charge in [0.15, 0.2) is 9.84 Å². The lowest BCUT2D eigenvalue weighted by molar-refractivity contribution is 0.141. The van der Waals surface area contributed by atoms with Crippen LogP contribution in [0.3, 0.4) is 0 Å². The van der Waals surface area contributed by atoms with Gasteiger partial charge in [0, 0.05) is 44.0 Å². The number of aromatic amines is 2. The van der Waals surface area contributed by atoms with Gasteiger partial charge in [-0.05, 0) is 298 Å². The molecule has 2 bridgehead atoms. The van der Waals surface area contributed by atoms with E-state index in [2.05, 4.69) is 382 Å². The normalized spacial score (nSPS) is 14.9. The molecule has 3 saturated carbocycles. The summed E-state index contributed by atoms with van der Waals surface area (Å²) in [6.45, 7) is 81.3. The minimum Gasteiger partial charge on any atom is -0.508 e. The molecule has 784 valence electrons. The number of hydrogen-bond acceptors (Lipinski definition) is 9. The van der Waals surface area contributed by atoms with Crippen molar-refractivity contribution < 1.29 is 22.4 Å². The van der Waals surface area contributed by atoms with Crippen LogP contribution in [0.2, 0.25) is 0 Å². The van der Waals surface area contributed by atoms with Crippen molar-refractivity contribution in [2.45, 2.75) is 390 Å². The first-order valence-corrected chi connectivity index (χ1v) is 58.1. The summed E-state index contributed by atoms with van der Waals surface area (Å²) in [5.74, 6) is 17.4. The summed E-state index contributed by atoms with van der Waals surface area (Å²) in [6, 6.07) is 53.4. The smallest absolute Gasteiger partial charge is 0.178 e. The molecule has 15 rings (SSSR count). The molecule has 3 fully saturated rings. The molecule has 0 aliphatic heterocycles. The number of nitrogens with one attached hydrogen (secondary N) is 2. The third kappa shape index (κ3) is 60.0. The standard InChI is InChI=1S/C11H16O2S.2C10H13Br.C10H12N2.C10H16.C10H20.C9H12O.C8H16.C8H18.2C7H10O.2C7H10S.C6H10N2.C6H12/c1-10(2)8-9-14(12,13)11-6-4-3-5-7-11;1-10(2,3)8-4-6-9(11)7-5-8;1-8(2)7-9-3-5-10(11)6-4-9;1-7(2)10-11-8-5-3-4-6-9(8)12-10;1-7(2)10-6-8-3-4-9(10)5-8;1-10(2,3)9-7-5-4-6-8-9;1-7(2)8-3-5-9(10)6-4-8;1-8(2,3)7-5-4-6-7;1-5-6-8(4)7(2)3;1-6(2)7-3-4-8-5-7;1-6(2)7-4-3-5-8-7;1-6(2)7-3-4-8-5-7;1-6(2)7-4-3-5-8-7;1-5(2)6-7-3-4-8-6;1-4-5-6(2)3/h3-7,10H,8-9H2,1-2H3;4-7H,1-3H3;3-6,8H,7H2,1-2H3;3-7H,1-2H3,(H,11,12);3-4,7-10H,5-6H2,1-2H3;9H,4-8H2,1-3H3;3-7,10H,1-2H3;7H,4-6H2,1-3H3;7-8H,5-6H2,1-4H3;4*3-6H,1-2H3;3-5H,1-2H3,(H,7,8);4,6H,1,5H2,2-3H3. The van der Waals surface area contributed by atoms with E-state index in [1.807, 2.05) is 98.1 Å². The highest BCUT2D eigenvalue weighted by Crippen LogP contribution is 2.47. The van der Waals surface area contributed by atoms with Crippen LogP contribution in [-0.4, -0.2) is 39.2 Å². The number of allylic oxidation sites excluding steroid dienone is 3. The van der Waals surface area contributed by atoms with Crippen LogP contribution in [0, 0.1) is 75.9 Å².